The minimum absolute atomic E-state index is 0.0538. The maximum Gasteiger partial charge on any atom is 0.224 e. The topological polar surface area (TPSA) is 20.3 Å². The van der Waals surface area contributed by atoms with Crippen LogP contribution >= 0.6 is 11.6 Å². The standard InChI is InChI=1S/C11H20ClNO/c1-2-3-4-5-6-7-13-9-10(12)8-11(13)14/h10H,2-9H2,1H3. The Morgan fingerprint density at radius 2 is 2.07 bits per heavy atom. The predicted molar refractivity (Wildman–Crippen MR) is 59.6 cm³/mol. The van der Waals surface area contributed by atoms with Gasteiger partial charge in [0, 0.05) is 19.5 Å². The van der Waals surface area contributed by atoms with Gasteiger partial charge in [-0.1, -0.05) is 32.6 Å². The highest BCUT2D eigenvalue weighted by Gasteiger charge is 2.26. The summed E-state index contributed by atoms with van der Waals surface area (Å²) in [4.78, 5) is 13.3. The van der Waals surface area contributed by atoms with Gasteiger partial charge >= 0.3 is 0 Å². The molecule has 1 amide bonds. The van der Waals surface area contributed by atoms with E-state index in [1.54, 1.807) is 0 Å². The van der Waals surface area contributed by atoms with E-state index in [1.807, 2.05) is 4.90 Å². The van der Waals surface area contributed by atoms with Gasteiger partial charge in [-0.2, -0.15) is 0 Å². The van der Waals surface area contributed by atoms with Crippen molar-refractivity contribution < 1.29 is 4.79 Å². The van der Waals surface area contributed by atoms with Crippen molar-refractivity contribution in [1.82, 2.24) is 4.90 Å². The monoisotopic (exact) mass is 217 g/mol. The first-order valence-corrected chi connectivity index (χ1v) is 6.09. The van der Waals surface area contributed by atoms with Crippen LogP contribution in [0.3, 0.4) is 0 Å². The van der Waals surface area contributed by atoms with Crippen molar-refractivity contribution in [2.45, 2.75) is 50.8 Å². The molecular weight excluding hydrogens is 198 g/mol. The molecule has 1 rings (SSSR count). The highest BCUT2D eigenvalue weighted by Crippen LogP contribution is 2.17. The third-order valence-corrected chi connectivity index (χ3v) is 2.99. The number of carbonyl (C=O) groups excluding carboxylic acids is 1. The van der Waals surface area contributed by atoms with E-state index in [1.165, 1.54) is 25.7 Å². The second-order valence-corrected chi connectivity index (χ2v) is 4.67. The first-order valence-electron chi connectivity index (χ1n) is 5.66. The number of alkyl halides is 1. The zero-order chi connectivity index (χ0) is 10.4. The molecule has 2 nitrogen and oxygen atoms in total. The van der Waals surface area contributed by atoms with Gasteiger partial charge in [-0.15, -0.1) is 11.6 Å². The van der Waals surface area contributed by atoms with Crippen LogP contribution in [0.4, 0.5) is 0 Å². The Bertz CT molecular complexity index is 184. The molecule has 1 aliphatic rings. The zero-order valence-corrected chi connectivity index (χ0v) is 9.72. The summed E-state index contributed by atoms with van der Waals surface area (Å²) in [5.74, 6) is 0.237. The average Bonchev–Trinajstić information content (AvgIpc) is 2.45. The second-order valence-electron chi connectivity index (χ2n) is 4.06. The number of carbonyl (C=O) groups is 1. The first kappa shape index (κ1) is 11.8. The summed E-state index contributed by atoms with van der Waals surface area (Å²) in [6.07, 6.45) is 6.79. The Kier molecular flexibility index (Phi) is 5.31. The van der Waals surface area contributed by atoms with Gasteiger partial charge in [0.05, 0.1) is 5.38 Å². The summed E-state index contributed by atoms with van der Waals surface area (Å²) >= 11 is 5.90. The highest BCUT2D eigenvalue weighted by atomic mass is 35.5. The third kappa shape index (κ3) is 3.87. The molecule has 0 bridgehead atoms. The van der Waals surface area contributed by atoms with E-state index in [0.717, 1.165) is 19.5 Å². The molecule has 82 valence electrons. The van der Waals surface area contributed by atoms with Crippen LogP contribution in [0.2, 0.25) is 0 Å². The lowest BCUT2D eigenvalue weighted by molar-refractivity contribution is -0.127. The molecule has 1 fully saturated rings. The number of unbranched alkanes of at least 4 members (excludes halogenated alkanes) is 4. The van der Waals surface area contributed by atoms with Gasteiger partial charge in [0.2, 0.25) is 5.91 Å². The van der Waals surface area contributed by atoms with Crippen molar-refractivity contribution in [3.05, 3.63) is 0 Å². The van der Waals surface area contributed by atoms with Gasteiger partial charge in [-0.25, -0.2) is 0 Å². The normalized spacial score (nSPS) is 22.0. The van der Waals surface area contributed by atoms with Gasteiger partial charge in [-0.05, 0) is 6.42 Å². The Hall–Kier alpha value is -0.240. The van der Waals surface area contributed by atoms with E-state index in [-0.39, 0.29) is 11.3 Å². The Morgan fingerprint density at radius 3 is 2.64 bits per heavy atom. The van der Waals surface area contributed by atoms with Crippen LogP contribution in [0.1, 0.15) is 45.4 Å². The lowest BCUT2D eigenvalue weighted by atomic mass is 10.1. The Labute approximate surface area is 91.6 Å². The van der Waals surface area contributed by atoms with E-state index in [0.29, 0.717) is 6.42 Å². The summed E-state index contributed by atoms with van der Waals surface area (Å²) in [6, 6.07) is 0. The quantitative estimate of drug-likeness (QED) is 0.495. The molecule has 14 heavy (non-hydrogen) atoms. The number of hydrogen-bond donors (Lipinski definition) is 0. The fourth-order valence-electron chi connectivity index (χ4n) is 1.85. The van der Waals surface area contributed by atoms with Gasteiger partial charge in [-0.3, -0.25) is 4.79 Å². The molecule has 1 aliphatic heterocycles. The summed E-state index contributed by atoms with van der Waals surface area (Å²) in [5, 5.41) is 0.0538. The molecule has 0 N–H and O–H groups in total. The van der Waals surface area contributed by atoms with E-state index in [9.17, 15) is 4.79 Å². The lowest BCUT2D eigenvalue weighted by Crippen LogP contribution is -2.26. The summed E-state index contributed by atoms with van der Waals surface area (Å²) in [6.45, 7) is 3.88. The highest BCUT2D eigenvalue weighted by molar-refractivity contribution is 6.22. The van der Waals surface area contributed by atoms with Gasteiger partial charge in [0.1, 0.15) is 0 Å². The van der Waals surface area contributed by atoms with Crippen LogP contribution in [0.5, 0.6) is 0 Å². The predicted octanol–water partition coefficient (Wildman–Crippen LogP) is 2.80. The van der Waals surface area contributed by atoms with E-state index in [4.69, 9.17) is 11.6 Å². The maximum absolute atomic E-state index is 11.3. The molecule has 1 saturated heterocycles. The minimum Gasteiger partial charge on any atom is -0.341 e. The minimum atomic E-state index is 0.0538. The SMILES string of the molecule is CCCCCCCN1CC(Cl)CC1=O. The van der Waals surface area contributed by atoms with Crippen LogP contribution in [0, 0.1) is 0 Å². The fraction of sp³-hybridized carbons (Fsp3) is 0.909. The number of amides is 1. The van der Waals surface area contributed by atoms with Gasteiger partial charge < -0.3 is 4.90 Å². The van der Waals surface area contributed by atoms with Crippen molar-refractivity contribution >= 4 is 17.5 Å². The molecule has 0 aliphatic carbocycles. The van der Waals surface area contributed by atoms with Crippen molar-refractivity contribution in [3.8, 4) is 0 Å². The van der Waals surface area contributed by atoms with Crippen molar-refractivity contribution in [2.75, 3.05) is 13.1 Å². The van der Waals surface area contributed by atoms with Crippen LogP contribution in [-0.4, -0.2) is 29.3 Å². The molecule has 1 unspecified atom stereocenters. The summed E-state index contributed by atoms with van der Waals surface area (Å²) in [5.41, 5.74) is 0. The van der Waals surface area contributed by atoms with Crippen LogP contribution in [0.15, 0.2) is 0 Å². The third-order valence-electron chi connectivity index (χ3n) is 2.70. The van der Waals surface area contributed by atoms with E-state index >= 15 is 0 Å². The largest absolute Gasteiger partial charge is 0.341 e. The fourth-order valence-corrected chi connectivity index (χ4v) is 2.14. The number of hydrogen-bond acceptors (Lipinski definition) is 1. The molecule has 0 radical (unpaired) electrons. The molecule has 1 heterocycles. The summed E-state index contributed by atoms with van der Waals surface area (Å²) in [7, 11) is 0. The molecule has 3 heteroatoms. The Morgan fingerprint density at radius 1 is 1.36 bits per heavy atom. The van der Waals surface area contributed by atoms with Crippen LogP contribution in [0.25, 0.3) is 0 Å². The number of likely N-dealkylation sites (tertiary alicyclic amines) is 1. The molecule has 1 atom stereocenters. The lowest BCUT2D eigenvalue weighted by Gasteiger charge is -2.15. The molecule has 0 aromatic rings. The molecular formula is C11H20ClNO. The number of nitrogens with zero attached hydrogens (tertiary/aromatic N) is 1. The first-order chi connectivity index (χ1) is 6.74. The van der Waals surface area contributed by atoms with Crippen molar-refractivity contribution in [2.24, 2.45) is 0 Å². The zero-order valence-electron chi connectivity index (χ0n) is 8.97. The van der Waals surface area contributed by atoms with Crippen molar-refractivity contribution in [1.29, 1.82) is 0 Å². The number of rotatable bonds is 6. The molecule has 0 aromatic carbocycles. The molecule has 0 spiro atoms. The molecule has 0 aromatic heterocycles. The van der Waals surface area contributed by atoms with E-state index in [2.05, 4.69) is 6.92 Å². The van der Waals surface area contributed by atoms with Crippen LogP contribution in [-0.2, 0) is 4.79 Å². The van der Waals surface area contributed by atoms with Gasteiger partial charge in [0.15, 0.2) is 0 Å². The maximum atomic E-state index is 11.3. The second kappa shape index (κ2) is 6.28. The summed E-state index contributed by atoms with van der Waals surface area (Å²) < 4.78 is 0. The average molecular weight is 218 g/mol. The van der Waals surface area contributed by atoms with Crippen LogP contribution < -0.4 is 0 Å². The van der Waals surface area contributed by atoms with E-state index < -0.39 is 0 Å². The number of halogens is 1. The van der Waals surface area contributed by atoms with Crippen molar-refractivity contribution in [3.63, 3.8) is 0 Å². The molecule has 0 saturated carbocycles. The van der Waals surface area contributed by atoms with Gasteiger partial charge in [0.25, 0.3) is 0 Å². The smallest absolute Gasteiger partial charge is 0.224 e. The Balaban J connectivity index is 2.04.